The number of likely N-dealkylation sites (N-methyl/N-ethyl adjacent to an activating group) is 1. The largest absolute Gasteiger partial charge is 0.496 e. The van der Waals surface area contributed by atoms with E-state index < -0.39 is 0 Å². The lowest BCUT2D eigenvalue weighted by molar-refractivity contribution is 0.211. The number of nitrogens with two attached hydrogens (primary N) is 1. The number of hydrogen-bond acceptors (Lipinski definition) is 3. The summed E-state index contributed by atoms with van der Waals surface area (Å²) < 4.78 is 5.38. The number of methoxy groups -OCH3 is 1. The Hall–Kier alpha value is -1.06. The molecule has 0 saturated carbocycles. The van der Waals surface area contributed by atoms with Crippen molar-refractivity contribution in [3.63, 3.8) is 0 Å². The monoisotopic (exact) mass is 250 g/mol. The third kappa shape index (κ3) is 4.67. The molecule has 0 radical (unpaired) electrons. The predicted molar refractivity (Wildman–Crippen MR) is 77.1 cm³/mol. The van der Waals surface area contributed by atoms with E-state index in [1.165, 1.54) is 5.56 Å². The minimum Gasteiger partial charge on any atom is -0.496 e. The Kier molecular flexibility index (Phi) is 5.17. The van der Waals surface area contributed by atoms with Crippen molar-refractivity contribution < 1.29 is 4.74 Å². The summed E-state index contributed by atoms with van der Waals surface area (Å²) >= 11 is 0. The first kappa shape index (κ1) is 15.0. The van der Waals surface area contributed by atoms with Crippen molar-refractivity contribution in [2.24, 2.45) is 5.73 Å². The summed E-state index contributed by atoms with van der Waals surface area (Å²) in [5.74, 6) is 0.963. The normalized spacial score (nSPS) is 13.7. The molecule has 0 aliphatic heterocycles. The van der Waals surface area contributed by atoms with Crippen molar-refractivity contribution in [1.82, 2.24) is 4.90 Å². The van der Waals surface area contributed by atoms with Crippen LogP contribution in [0.2, 0.25) is 0 Å². The Morgan fingerprint density at radius 2 is 1.94 bits per heavy atom. The lowest BCUT2D eigenvalue weighted by Gasteiger charge is -2.31. The van der Waals surface area contributed by atoms with Crippen molar-refractivity contribution in [3.8, 4) is 5.75 Å². The van der Waals surface area contributed by atoms with Gasteiger partial charge in [-0.25, -0.2) is 0 Å². The molecule has 1 unspecified atom stereocenters. The fourth-order valence-electron chi connectivity index (χ4n) is 2.14. The lowest BCUT2D eigenvalue weighted by atomic mass is 10.0. The van der Waals surface area contributed by atoms with E-state index in [0.29, 0.717) is 6.04 Å². The smallest absolute Gasteiger partial charge is 0.122 e. The number of ether oxygens (including phenoxy) is 1. The molecule has 0 aliphatic carbocycles. The first-order chi connectivity index (χ1) is 8.33. The quantitative estimate of drug-likeness (QED) is 0.842. The van der Waals surface area contributed by atoms with Crippen molar-refractivity contribution in [2.75, 3.05) is 20.7 Å². The molecular formula is C15H26N2O. The van der Waals surface area contributed by atoms with Crippen LogP contribution < -0.4 is 10.5 Å². The predicted octanol–water partition coefficient (Wildman–Crippen LogP) is 2.30. The minimum atomic E-state index is -0.163. The molecule has 0 spiro atoms. The van der Waals surface area contributed by atoms with Gasteiger partial charge in [0.05, 0.1) is 7.11 Å². The lowest BCUT2D eigenvalue weighted by Crippen LogP contribution is -2.47. The van der Waals surface area contributed by atoms with Gasteiger partial charge in [-0.3, -0.25) is 0 Å². The molecule has 1 aromatic rings. The van der Waals surface area contributed by atoms with E-state index in [-0.39, 0.29) is 5.54 Å². The van der Waals surface area contributed by atoms with Crippen LogP contribution in [-0.4, -0.2) is 37.2 Å². The second-order valence-electron chi connectivity index (χ2n) is 5.77. The van der Waals surface area contributed by atoms with Crippen LogP contribution in [0.1, 0.15) is 26.3 Å². The van der Waals surface area contributed by atoms with Crippen molar-refractivity contribution >= 4 is 0 Å². The summed E-state index contributed by atoms with van der Waals surface area (Å²) in [6, 6.07) is 8.62. The van der Waals surface area contributed by atoms with Gasteiger partial charge >= 0.3 is 0 Å². The topological polar surface area (TPSA) is 38.5 Å². The first-order valence-electron chi connectivity index (χ1n) is 6.44. The third-order valence-corrected chi connectivity index (χ3v) is 3.12. The van der Waals surface area contributed by atoms with Gasteiger partial charge < -0.3 is 15.4 Å². The fraction of sp³-hybridized carbons (Fsp3) is 0.600. The summed E-state index contributed by atoms with van der Waals surface area (Å²) in [7, 11) is 3.84. The maximum absolute atomic E-state index is 6.06. The number of benzene rings is 1. The van der Waals surface area contributed by atoms with E-state index in [4.69, 9.17) is 10.5 Å². The summed E-state index contributed by atoms with van der Waals surface area (Å²) in [6.45, 7) is 7.21. The summed E-state index contributed by atoms with van der Waals surface area (Å²) in [6.07, 6.45) is 0.969. The average Bonchev–Trinajstić information content (AvgIpc) is 2.27. The Balaban J connectivity index is 2.66. The molecule has 0 fully saturated rings. The first-order valence-corrected chi connectivity index (χ1v) is 6.44. The molecule has 1 aromatic carbocycles. The molecule has 0 aromatic heterocycles. The van der Waals surface area contributed by atoms with E-state index in [0.717, 1.165) is 18.7 Å². The van der Waals surface area contributed by atoms with Gasteiger partial charge in [0.2, 0.25) is 0 Å². The van der Waals surface area contributed by atoms with Crippen LogP contribution >= 0.6 is 0 Å². The molecule has 1 atom stereocenters. The van der Waals surface area contributed by atoms with Crippen LogP contribution in [0.5, 0.6) is 5.75 Å². The van der Waals surface area contributed by atoms with Crippen molar-refractivity contribution in [3.05, 3.63) is 29.8 Å². The van der Waals surface area contributed by atoms with Gasteiger partial charge in [-0.2, -0.15) is 0 Å². The molecule has 0 aliphatic rings. The number of para-hydroxylation sites is 1. The molecule has 1 rings (SSSR count). The highest BCUT2D eigenvalue weighted by Crippen LogP contribution is 2.20. The van der Waals surface area contributed by atoms with Crippen LogP contribution in [0.3, 0.4) is 0 Å². The summed E-state index contributed by atoms with van der Waals surface area (Å²) in [5, 5.41) is 0. The van der Waals surface area contributed by atoms with E-state index >= 15 is 0 Å². The van der Waals surface area contributed by atoms with Crippen LogP contribution in [-0.2, 0) is 6.42 Å². The molecule has 0 heterocycles. The van der Waals surface area contributed by atoms with Gasteiger partial charge in [-0.15, -0.1) is 0 Å². The number of nitrogens with zero attached hydrogens (tertiary/aromatic N) is 1. The van der Waals surface area contributed by atoms with Crippen LogP contribution in [0, 0.1) is 0 Å². The van der Waals surface area contributed by atoms with Crippen LogP contribution in [0.25, 0.3) is 0 Å². The second kappa shape index (κ2) is 6.21. The maximum Gasteiger partial charge on any atom is 0.122 e. The molecule has 2 N–H and O–H groups in total. The zero-order valence-corrected chi connectivity index (χ0v) is 12.2. The van der Waals surface area contributed by atoms with E-state index in [9.17, 15) is 0 Å². The second-order valence-corrected chi connectivity index (χ2v) is 5.77. The highest BCUT2D eigenvalue weighted by atomic mass is 16.5. The van der Waals surface area contributed by atoms with E-state index in [1.807, 2.05) is 12.1 Å². The zero-order chi connectivity index (χ0) is 13.8. The van der Waals surface area contributed by atoms with Gasteiger partial charge in [-0.05, 0) is 45.9 Å². The van der Waals surface area contributed by atoms with Gasteiger partial charge in [0.15, 0.2) is 0 Å². The zero-order valence-electron chi connectivity index (χ0n) is 12.2. The van der Waals surface area contributed by atoms with Gasteiger partial charge in [-0.1, -0.05) is 18.2 Å². The number of rotatable bonds is 6. The summed E-state index contributed by atoms with van der Waals surface area (Å²) in [4.78, 5) is 2.30. The van der Waals surface area contributed by atoms with E-state index in [2.05, 4.69) is 44.9 Å². The number of hydrogen-bond donors (Lipinski definition) is 1. The van der Waals surface area contributed by atoms with Gasteiger partial charge in [0.25, 0.3) is 0 Å². The van der Waals surface area contributed by atoms with Crippen molar-refractivity contribution in [1.29, 1.82) is 0 Å². The Bertz CT molecular complexity index is 371. The van der Waals surface area contributed by atoms with Crippen LogP contribution in [0.4, 0.5) is 0 Å². The third-order valence-electron chi connectivity index (χ3n) is 3.12. The molecule has 0 bridgehead atoms. The SMILES string of the molecule is COc1ccccc1CC(C)N(C)CC(C)(C)N. The Morgan fingerprint density at radius 3 is 2.50 bits per heavy atom. The molecule has 3 heteroatoms. The fourth-order valence-corrected chi connectivity index (χ4v) is 2.14. The molecule has 102 valence electrons. The highest BCUT2D eigenvalue weighted by molar-refractivity contribution is 5.33. The maximum atomic E-state index is 6.06. The highest BCUT2D eigenvalue weighted by Gasteiger charge is 2.18. The standard InChI is InChI=1S/C15H26N2O/c1-12(17(4)11-15(2,3)16)10-13-8-6-7-9-14(13)18-5/h6-9,12H,10-11,16H2,1-5H3. The van der Waals surface area contributed by atoms with Crippen molar-refractivity contribution in [2.45, 2.75) is 38.8 Å². The molecule has 0 saturated heterocycles. The molecular weight excluding hydrogens is 224 g/mol. The molecule has 0 amide bonds. The Morgan fingerprint density at radius 1 is 1.33 bits per heavy atom. The minimum absolute atomic E-state index is 0.163. The van der Waals surface area contributed by atoms with Crippen LogP contribution in [0.15, 0.2) is 24.3 Å². The molecule has 18 heavy (non-hydrogen) atoms. The summed E-state index contributed by atoms with van der Waals surface area (Å²) in [5.41, 5.74) is 7.14. The van der Waals surface area contributed by atoms with E-state index in [1.54, 1.807) is 7.11 Å². The Labute approximate surface area is 111 Å². The molecule has 3 nitrogen and oxygen atoms in total. The van der Waals surface area contributed by atoms with Gasteiger partial charge in [0, 0.05) is 18.1 Å². The average molecular weight is 250 g/mol. The van der Waals surface area contributed by atoms with Gasteiger partial charge in [0.1, 0.15) is 5.75 Å².